The number of nitrogens with zero attached hydrogens (tertiary/aromatic N) is 1. The Bertz CT molecular complexity index is 327. The standard InChI is InChI=1S/C14H22N2/c1-11(14-7-8-14)16(2)10-13-5-3-12(9-15)4-6-13/h3-6,11,14H,7-10,15H2,1-2H3. The Kier molecular flexibility index (Phi) is 3.62. The molecule has 2 N–H and O–H groups in total. The van der Waals surface area contributed by atoms with Crippen LogP contribution in [0.25, 0.3) is 0 Å². The fraction of sp³-hybridized carbons (Fsp3) is 0.571. The van der Waals surface area contributed by atoms with Crippen molar-refractivity contribution in [1.29, 1.82) is 0 Å². The molecule has 0 heterocycles. The lowest BCUT2D eigenvalue weighted by molar-refractivity contribution is 0.226. The maximum Gasteiger partial charge on any atom is 0.0233 e. The van der Waals surface area contributed by atoms with Crippen molar-refractivity contribution in [2.24, 2.45) is 11.7 Å². The highest BCUT2D eigenvalue weighted by Crippen LogP contribution is 2.35. The zero-order valence-corrected chi connectivity index (χ0v) is 10.3. The van der Waals surface area contributed by atoms with E-state index in [4.69, 9.17) is 5.73 Å². The van der Waals surface area contributed by atoms with Crippen LogP contribution in [0.4, 0.5) is 0 Å². The average Bonchev–Trinajstić information content (AvgIpc) is 3.13. The predicted octanol–water partition coefficient (Wildman–Crippen LogP) is 2.38. The van der Waals surface area contributed by atoms with E-state index in [1.54, 1.807) is 0 Å². The largest absolute Gasteiger partial charge is 0.326 e. The van der Waals surface area contributed by atoms with Gasteiger partial charge in [-0.25, -0.2) is 0 Å². The zero-order valence-electron chi connectivity index (χ0n) is 10.3. The maximum absolute atomic E-state index is 5.59. The molecule has 1 atom stereocenters. The first-order valence-electron chi connectivity index (χ1n) is 6.19. The quantitative estimate of drug-likeness (QED) is 0.822. The summed E-state index contributed by atoms with van der Waals surface area (Å²) in [7, 11) is 2.22. The molecule has 1 aromatic carbocycles. The molecule has 1 unspecified atom stereocenters. The van der Waals surface area contributed by atoms with Crippen molar-refractivity contribution < 1.29 is 0 Å². The summed E-state index contributed by atoms with van der Waals surface area (Å²) in [6.45, 7) is 4.02. The number of rotatable bonds is 5. The summed E-state index contributed by atoms with van der Waals surface area (Å²) in [4.78, 5) is 2.45. The fourth-order valence-electron chi connectivity index (χ4n) is 2.15. The normalized spacial score (nSPS) is 17.8. The molecule has 2 nitrogen and oxygen atoms in total. The monoisotopic (exact) mass is 218 g/mol. The van der Waals surface area contributed by atoms with Crippen molar-refractivity contribution in [2.45, 2.75) is 38.9 Å². The molecule has 0 spiro atoms. The lowest BCUT2D eigenvalue weighted by atomic mass is 10.1. The molecule has 0 bridgehead atoms. The lowest BCUT2D eigenvalue weighted by Crippen LogP contribution is -2.30. The Morgan fingerprint density at radius 2 is 1.81 bits per heavy atom. The molecule has 2 rings (SSSR count). The molecule has 1 aliphatic rings. The molecule has 0 saturated heterocycles. The van der Waals surface area contributed by atoms with E-state index >= 15 is 0 Å². The summed E-state index contributed by atoms with van der Waals surface area (Å²) in [5.74, 6) is 0.938. The van der Waals surface area contributed by atoms with Crippen molar-refractivity contribution in [3.63, 3.8) is 0 Å². The van der Waals surface area contributed by atoms with Crippen LogP contribution in [0.3, 0.4) is 0 Å². The van der Waals surface area contributed by atoms with E-state index in [0.29, 0.717) is 12.6 Å². The maximum atomic E-state index is 5.59. The molecule has 0 aliphatic heterocycles. The van der Waals surface area contributed by atoms with Crippen LogP contribution < -0.4 is 5.73 Å². The van der Waals surface area contributed by atoms with Crippen molar-refractivity contribution in [3.05, 3.63) is 35.4 Å². The Balaban J connectivity index is 1.91. The average molecular weight is 218 g/mol. The molecule has 1 aliphatic carbocycles. The first-order chi connectivity index (χ1) is 7.70. The van der Waals surface area contributed by atoms with Gasteiger partial charge in [-0.05, 0) is 43.9 Å². The molecular weight excluding hydrogens is 196 g/mol. The van der Waals surface area contributed by atoms with Gasteiger partial charge in [0, 0.05) is 19.1 Å². The van der Waals surface area contributed by atoms with Gasteiger partial charge >= 0.3 is 0 Å². The fourth-order valence-corrected chi connectivity index (χ4v) is 2.15. The third kappa shape index (κ3) is 2.83. The molecule has 0 radical (unpaired) electrons. The molecule has 0 aromatic heterocycles. The Hall–Kier alpha value is -0.860. The van der Waals surface area contributed by atoms with Gasteiger partial charge in [-0.3, -0.25) is 4.90 Å². The van der Waals surface area contributed by atoms with Gasteiger partial charge in [-0.1, -0.05) is 24.3 Å². The van der Waals surface area contributed by atoms with Gasteiger partial charge in [-0.2, -0.15) is 0 Å². The molecule has 1 aromatic rings. The van der Waals surface area contributed by atoms with Crippen LogP contribution in [0.1, 0.15) is 30.9 Å². The SMILES string of the molecule is CC(C1CC1)N(C)Cc1ccc(CN)cc1. The van der Waals surface area contributed by atoms with E-state index in [1.165, 1.54) is 24.0 Å². The van der Waals surface area contributed by atoms with E-state index in [2.05, 4.69) is 43.1 Å². The summed E-state index contributed by atoms with van der Waals surface area (Å²) in [6, 6.07) is 9.36. The van der Waals surface area contributed by atoms with Crippen LogP contribution >= 0.6 is 0 Å². The van der Waals surface area contributed by atoms with Gasteiger partial charge < -0.3 is 5.73 Å². The van der Waals surface area contributed by atoms with Crippen LogP contribution in [0, 0.1) is 5.92 Å². The highest BCUT2D eigenvalue weighted by Gasteiger charge is 2.30. The highest BCUT2D eigenvalue weighted by atomic mass is 15.1. The highest BCUT2D eigenvalue weighted by molar-refractivity contribution is 5.22. The van der Waals surface area contributed by atoms with Crippen molar-refractivity contribution in [1.82, 2.24) is 4.90 Å². The lowest BCUT2D eigenvalue weighted by Gasteiger charge is -2.24. The van der Waals surface area contributed by atoms with Crippen LogP contribution in [0.5, 0.6) is 0 Å². The summed E-state index contributed by atoms with van der Waals surface area (Å²) in [5.41, 5.74) is 8.18. The Morgan fingerprint density at radius 1 is 1.25 bits per heavy atom. The number of nitrogens with two attached hydrogens (primary N) is 1. The topological polar surface area (TPSA) is 29.3 Å². The van der Waals surface area contributed by atoms with Crippen LogP contribution in [0.15, 0.2) is 24.3 Å². The second-order valence-corrected chi connectivity index (χ2v) is 5.01. The smallest absolute Gasteiger partial charge is 0.0233 e. The molecule has 88 valence electrons. The third-order valence-corrected chi connectivity index (χ3v) is 3.69. The second-order valence-electron chi connectivity index (χ2n) is 5.01. The van der Waals surface area contributed by atoms with Crippen LogP contribution in [-0.4, -0.2) is 18.0 Å². The third-order valence-electron chi connectivity index (χ3n) is 3.69. The predicted molar refractivity (Wildman–Crippen MR) is 68.0 cm³/mol. The van der Waals surface area contributed by atoms with Crippen LogP contribution in [0.2, 0.25) is 0 Å². The van der Waals surface area contributed by atoms with E-state index < -0.39 is 0 Å². The second kappa shape index (κ2) is 4.98. The van der Waals surface area contributed by atoms with Crippen molar-refractivity contribution in [2.75, 3.05) is 7.05 Å². The minimum absolute atomic E-state index is 0.634. The van der Waals surface area contributed by atoms with Gasteiger partial charge in [-0.15, -0.1) is 0 Å². The van der Waals surface area contributed by atoms with Gasteiger partial charge in [0.2, 0.25) is 0 Å². The summed E-state index contributed by atoms with van der Waals surface area (Å²) < 4.78 is 0. The van der Waals surface area contributed by atoms with E-state index in [1.807, 2.05) is 0 Å². The summed E-state index contributed by atoms with van der Waals surface area (Å²) >= 11 is 0. The molecule has 1 saturated carbocycles. The molecule has 2 heteroatoms. The van der Waals surface area contributed by atoms with Gasteiger partial charge in [0.15, 0.2) is 0 Å². The zero-order chi connectivity index (χ0) is 11.5. The van der Waals surface area contributed by atoms with E-state index in [-0.39, 0.29) is 0 Å². The van der Waals surface area contributed by atoms with Gasteiger partial charge in [0.25, 0.3) is 0 Å². The van der Waals surface area contributed by atoms with Crippen molar-refractivity contribution in [3.8, 4) is 0 Å². The molecule has 1 fully saturated rings. The van der Waals surface area contributed by atoms with E-state index in [9.17, 15) is 0 Å². The molecule has 16 heavy (non-hydrogen) atoms. The molecular formula is C14H22N2. The van der Waals surface area contributed by atoms with Crippen LogP contribution in [-0.2, 0) is 13.1 Å². The minimum Gasteiger partial charge on any atom is -0.326 e. The van der Waals surface area contributed by atoms with Crippen molar-refractivity contribution >= 4 is 0 Å². The molecule has 0 amide bonds. The Labute approximate surface area is 98.4 Å². The van der Waals surface area contributed by atoms with E-state index in [0.717, 1.165) is 12.5 Å². The number of hydrogen-bond donors (Lipinski definition) is 1. The first kappa shape index (κ1) is 11.6. The Morgan fingerprint density at radius 3 is 2.31 bits per heavy atom. The minimum atomic E-state index is 0.634. The number of hydrogen-bond acceptors (Lipinski definition) is 2. The van der Waals surface area contributed by atoms with Gasteiger partial charge in [0.05, 0.1) is 0 Å². The number of benzene rings is 1. The summed E-state index contributed by atoms with van der Waals surface area (Å²) in [5, 5.41) is 0. The summed E-state index contributed by atoms with van der Waals surface area (Å²) in [6.07, 6.45) is 2.83. The first-order valence-corrected chi connectivity index (χ1v) is 6.19. The van der Waals surface area contributed by atoms with Gasteiger partial charge in [0.1, 0.15) is 0 Å².